The Labute approximate surface area is 118 Å². The molecule has 0 spiro atoms. The molecule has 1 aromatic carbocycles. The van der Waals surface area contributed by atoms with Crippen LogP contribution < -0.4 is 9.84 Å². The van der Waals surface area contributed by atoms with Crippen molar-refractivity contribution < 1.29 is 19.7 Å². The van der Waals surface area contributed by atoms with Crippen LogP contribution in [0.15, 0.2) is 30.9 Å². The number of aromatic carboxylic acids is 1. The van der Waals surface area contributed by atoms with E-state index in [1.54, 1.807) is 18.2 Å². The molecule has 1 saturated carbocycles. The van der Waals surface area contributed by atoms with Crippen molar-refractivity contribution in [3.63, 3.8) is 0 Å². The zero-order valence-corrected chi connectivity index (χ0v) is 11.4. The Hall–Kier alpha value is -1.81. The van der Waals surface area contributed by atoms with Gasteiger partial charge in [-0.3, -0.25) is 0 Å². The molecule has 0 aromatic heterocycles. The summed E-state index contributed by atoms with van der Waals surface area (Å²) in [7, 11) is 0. The minimum absolute atomic E-state index is 0.138. The van der Waals surface area contributed by atoms with Crippen molar-refractivity contribution in [2.45, 2.75) is 37.7 Å². The minimum Gasteiger partial charge on any atom is -0.545 e. The number of benzene rings is 1. The number of carbonyl (C=O) groups excluding carboxylic acids is 1. The number of carboxylic acids is 1. The van der Waals surface area contributed by atoms with E-state index >= 15 is 0 Å². The van der Waals surface area contributed by atoms with Gasteiger partial charge in [0.15, 0.2) is 0 Å². The number of aliphatic hydroxyl groups excluding tert-OH is 1. The van der Waals surface area contributed by atoms with Crippen molar-refractivity contribution in [1.29, 1.82) is 0 Å². The van der Waals surface area contributed by atoms with E-state index in [9.17, 15) is 15.0 Å². The zero-order valence-electron chi connectivity index (χ0n) is 11.4. The molecular formula is C16H19O4-. The first-order valence-electron chi connectivity index (χ1n) is 6.89. The third-order valence-corrected chi connectivity index (χ3v) is 3.75. The third kappa shape index (κ3) is 3.39. The average molecular weight is 275 g/mol. The molecule has 108 valence electrons. The summed E-state index contributed by atoms with van der Waals surface area (Å²) in [5, 5.41) is 20.8. The summed E-state index contributed by atoms with van der Waals surface area (Å²) in [6.07, 6.45) is 4.35. The van der Waals surface area contributed by atoms with Gasteiger partial charge >= 0.3 is 0 Å². The number of ether oxygens (including phenoxy) is 1. The largest absolute Gasteiger partial charge is 0.545 e. The van der Waals surface area contributed by atoms with Crippen molar-refractivity contribution in [3.05, 3.63) is 42.0 Å². The predicted octanol–water partition coefficient (Wildman–Crippen LogP) is 1.63. The molecule has 1 aromatic rings. The standard InChI is InChI=1S/C16H20O4/c1-2-9-20-13-7-8-14(16(18)19)15(10-13)11-3-5-12(17)6-4-11/h2,7-8,10-12,17H,1,3-6,9H2,(H,18,19)/p-1. The fraction of sp³-hybridized carbons (Fsp3) is 0.438. The molecule has 1 N–H and O–H groups in total. The molecule has 0 radical (unpaired) electrons. The van der Waals surface area contributed by atoms with Gasteiger partial charge in [-0.05, 0) is 55.4 Å². The van der Waals surface area contributed by atoms with Crippen LogP contribution in [0.2, 0.25) is 0 Å². The number of rotatable bonds is 5. The first kappa shape index (κ1) is 14.6. The van der Waals surface area contributed by atoms with Crippen molar-refractivity contribution in [2.24, 2.45) is 0 Å². The fourth-order valence-corrected chi connectivity index (χ4v) is 2.70. The molecule has 20 heavy (non-hydrogen) atoms. The van der Waals surface area contributed by atoms with Gasteiger partial charge in [0.05, 0.1) is 12.1 Å². The van der Waals surface area contributed by atoms with Crippen LogP contribution in [-0.4, -0.2) is 23.8 Å². The number of carbonyl (C=O) groups is 1. The molecule has 0 aliphatic heterocycles. The summed E-state index contributed by atoms with van der Waals surface area (Å²) in [5.74, 6) is -0.393. The van der Waals surface area contributed by atoms with Crippen molar-refractivity contribution >= 4 is 5.97 Å². The molecule has 4 nitrogen and oxygen atoms in total. The van der Waals surface area contributed by atoms with E-state index in [4.69, 9.17) is 4.74 Å². The molecule has 0 unspecified atom stereocenters. The average Bonchev–Trinajstić information content (AvgIpc) is 2.45. The highest BCUT2D eigenvalue weighted by Crippen LogP contribution is 2.36. The summed E-state index contributed by atoms with van der Waals surface area (Å²) in [6, 6.07) is 4.95. The first-order valence-corrected chi connectivity index (χ1v) is 6.89. The Kier molecular flexibility index (Phi) is 4.79. The molecular weight excluding hydrogens is 256 g/mol. The second-order valence-corrected chi connectivity index (χ2v) is 5.14. The molecule has 1 fully saturated rings. The molecule has 1 aliphatic carbocycles. The van der Waals surface area contributed by atoms with E-state index in [2.05, 4.69) is 6.58 Å². The second-order valence-electron chi connectivity index (χ2n) is 5.14. The molecule has 2 rings (SSSR count). The van der Waals surface area contributed by atoms with Gasteiger partial charge < -0.3 is 19.7 Å². The van der Waals surface area contributed by atoms with E-state index < -0.39 is 5.97 Å². The van der Waals surface area contributed by atoms with Crippen LogP contribution in [0.25, 0.3) is 0 Å². The van der Waals surface area contributed by atoms with Crippen LogP contribution in [0.1, 0.15) is 47.5 Å². The molecule has 0 heterocycles. The van der Waals surface area contributed by atoms with Crippen LogP contribution in [0, 0.1) is 0 Å². The number of hydrogen-bond donors (Lipinski definition) is 1. The lowest BCUT2D eigenvalue weighted by atomic mass is 9.81. The predicted molar refractivity (Wildman–Crippen MR) is 73.7 cm³/mol. The molecule has 0 bridgehead atoms. The summed E-state index contributed by atoms with van der Waals surface area (Å²) >= 11 is 0. The van der Waals surface area contributed by atoms with Gasteiger partial charge in [0.25, 0.3) is 0 Å². The van der Waals surface area contributed by atoms with Gasteiger partial charge in [-0.1, -0.05) is 12.7 Å². The first-order chi connectivity index (χ1) is 9.61. The van der Waals surface area contributed by atoms with Crippen LogP contribution in [0.5, 0.6) is 5.75 Å². The lowest BCUT2D eigenvalue weighted by Gasteiger charge is -2.28. The third-order valence-electron chi connectivity index (χ3n) is 3.75. The van der Waals surface area contributed by atoms with Crippen LogP contribution in [0.3, 0.4) is 0 Å². The van der Waals surface area contributed by atoms with E-state index in [1.165, 1.54) is 6.07 Å². The number of aliphatic hydroxyl groups is 1. The fourth-order valence-electron chi connectivity index (χ4n) is 2.70. The summed E-state index contributed by atoms with van der Waals surface area (Å²) < 4.78 is 5.46. The van der Waals surface area contributed by atoms with E-state index in [1.807, 2.05) is 0 Å². The maximum Gasteiger partial charge on any atom is 0.120 e. The van der Waals surface area contributed by atoms with Gasteiger partial charge in [0.2, 0.25) is 0 Å². The Morgan fingerprint density at radius 3 is 2.70 bits per heavy atom. The van der Waals surface area contributed by atoms with Crippen LogP contribution in [0.4, 0.5) is 0 Å². The van der Waals surface area contributed by atoms with Crippen molar-refractivity contribution in [2.75, 3.05) is 6.61 Å². The van der Waals surface area contributed by atoms with Crippen LogP contribution in [-0.2, 0) is 0 Å². The van der Waals surface area contributed by atoms with Crippen molar-refractivity contribution in [1.82, 2.24) is 0 Å². The van der Waals surface area contributed by atoms with Gasteiger partial charge in [-0.15, -0.1) is 0 Å². The van der Waals surface area contributed by atoms with Gasteiger partial charge in [-0.2, -0.15) is 0 Å². The number of carboxylic acid groups (broad SMARTS) is 1. The molecule has 0 amide bonds. The summed E-state index contributed by atoms with van der Waals surface area (Å²) in [5.41, 5.74) is 0.968. The Morgan fingerprint density at radius 1 is 1.40 bits per heavy atom. The summed E-state index contributed by atoms with van der Waals surface area (Å²) in [6.45, 7) is 3.97. The molecule has 4 heteroatoms. The highest BCUT2D eigenvalue weighted by molar-refractivity contribution is 5.88. The van der Waals surface area contributed by atoms with Gasteiger partial charge in [0.1, 0.15) is 12.4 Å². The van der Waals surface area contributed by atoms with E-state index in [-0.39, 0.29) is 17.6 Å². The highest BCUT2D eigenvalue weighted by atomic mass is 16.5. The lowest BCUT2D eigenvalue weighted by molar-refractivity contribution is -0.255. The second kappa shape index (κ2) is 6.57. The maximum absolute atomic E-state index is 11.2. The molecule has 0 atom stereocenters. The number of hydrogen-bond acceptors (Lipinski definition) is 4. The normalized spacial score (nSPS) is 22.2. The van der Waals surface area contributed by atoms with Crippen LogP contribution >= 0.6 is 0 Å². The molecule has 1 aliphatic rings. The Balaban J connectivity index is 2.26. The Bertz CT molecular complexity index is 487. The van der Waals surface area contributed by atoms with Gasteiger partial charge in [0, 0.05) is 5.56 Å². The quantitative estimate of drug-likeness (QED) is 0.829. The topological polar surface area (TPSA) is 69.6 Å². The van der Waals surface area contributed by atoms with Gasteiger partial charge in [-0.25, -0.2) is 0 Å². The maximum atomic E-state index is 11.2. The zero-order chi connectivity index (χ0) is 14.5. The monoisotopic (exact) mass is 275 g/mol. The SMILES string of the molecule is C=CCOc1ccc(C(=O)[O-])c(C2CCC(O)CC2)c1. The smallest absolute Gasteiger partial charge is 0.120 e. The molecule has 0 saturated heterocycles. The summed E-state index contributed by atoms with van der Waals surface area (Å²) in [4.78, 5) is 11.2. The lowest BCUT2D eigenvalue weighted by Crippen LogP contribution is -2.26. The Morgan fingerprint density at radius 2 is 2.10 bits per heavy atom. The van der Waals surface area contributed by atoms with E-state index in [0.29, 0.717) is 25.2 Å². The van der Waals surface area contributed by atoms with Crippen molar-refractivity contribution in [3.8, 4) is 5.75 Å². The minimum atomic E-state index is -1.17. The van der Waals surface area contributed by atoms with E-state index in [0.717, 1.165) is 18.4 Å². The highest BCUT2D eigenvalue weighted by Gasteiger charge is 2.23.